The molecule has 0 spiro atoms. The summed E-state index contributed by atoms with van der Waals surface area (Å²) < 4.78 is 6.13. The quantitative estimate of drug-likeness (QED) is 0.793. The molecule has 0 radical (unpaired) electrons. The molecule has 90 valence electrons. The van der Waals surface area contributed by atoms with Gasteiger partial charge in [0.1, 0.15) is 11.4 Å². The Hall–Kier alpha value is -1.51. The van der Waals surface area contributed by atoms with E-state index >= 15 is 0 Å². The highest BCUT2D eigenvalue weighted by Crippen LogP contribution is 2.48. The second-order valence-corrected chi connectivity index (χ2v) is 5.27. The van der Waals surface area contributed by atoms with Crippen molar-refractivity contribution in [2.75, 3.05) is 0 Å². The summed E-state index contributed by atoms with van der Waals surface area (Å²) in [7, 11) is 0. The Bertz CT molecular complexity index is 446. The summed E-state index contributed by atoms with van der Waals surface area (Å²) >= 11 is 0. The predicted molar refractivity (Wildman–Crippen MR) is 65.1 cm³/mol. The van der Waals surface area contributed by atoms with Gasteiger partial charge >= 0.3 is 0 Å². The predicted octanol–water partition coefficient (Wildman–Crippen LogP) is 2.22. The van der Waals surface area contributed by atoms with Gasteiger partial charge in [-0.15, -0.1) is 0 Å². The van der Waals surface area contributed by atoms with Gasteiger partial charge in [-0.2, -0.15) is 0 Å². The summed E-state index contributed by atoms with van der Waals surface area (Å²) in [6, 6.07) is 8.40. The lowest BCUT2D eigenvalue weighted by molar-refractivity contribution is -0.113. The molecular weight excluding hydrogens is 214 g/mol. The summed E-state index contributed by atoms with van der Waals surface area (Å²) in [5, 5.41) is 2.91. The fourth-order valence-corrected chi connectivity index (χ4v) is 3.29. The number of hydrogen-bond acceptors (Lipinski definition) is 2. The Morgan fingerprint density at radius 1 is 1.41 bits per heavy atom. The molecule has 3 unspecified atom stereocenters. The standard InChI is InChI=1S/C14H17NO2/c1-14-8-10(6-7-13(14)15-9-16)11-4-2-3-5-12(11)17-14/h2-5,9-10,13H,6-8H2,1H3,(H,15,16). The van der Waals surface area contributed by atoms with E-state index in [0.717, 1.165) is 31.4 Å². The van der Waals surface area contributed by atoms with Crippen LogP contribution in [-0.4, -0.2) is 18.1 Å². The minimum atomic E-state index is -0.252. The second kappa shape index (κ2) is 3.76. The fourth-order valence-electron chi connectivity index (χ4n) is 3.29. The van der Waals surface area contributed by atoms with Crippen molar-refractivity contribution < 1.29 is 9.53 Å². The van der Waals surface area contributed by atoms with E-state index in [1.807, 2.05) is 12.1 Å². The molecule has 0 aromatic heterocycles. The Balaban J connectivity index is 1.97. The molecule has 1 aromatic carbocycles. The summed E-state index contributed by atoms with van der Waals surface area (Å²) in [5.74, 6) is 1.57. The normalized spacial score (nSPS) is 34.4. The third kappa shape index (κ3) is 1.61. The van der Waals surface area contributed by atoms with E-state index in [1.54, 1.807) is 0 Å². The highest BCUT2D eigenvalue weighted by molar-refractivity contribution is 5.48. The molecule has 1 amide bonds. The lowest BCUT2D eigenvalue weighted by Gasteiger charge is -2.48. The maximum atomic E-state index is 10.7. The summed E-state index contributed by atoms with van der Waals surface area (Å²) in [4.78, 5) is 10.7. The molecule has 3 heteroatoms. The fraction of sp³-hybridized carbons (Fsp3) is 0.500. The molecule has 1 fully saturated rings. The van der Waals surface area contributed by atoms with Crippen LogP contribution in [0.4, 0.5) is 0 Å². The van der Waals surface area contributed by atoms with E-state index < -0.39 is 0 Å². The van der Waals surface area contributed by atoms with E-state index in [4.69, 9.17) is 4.74 Å². The highest BCUT2D eigenvalue weighted by atomic mass is 16.5. The zero-order valence-corrected chi connectivity index (χ0v) is 9.98. The molecule has 1 aliphatic heterocycles. The molecule has 2 aliphatic rings. The first kappa shape index (κ1) is 10.6. The van der Waals surface area contributed by atoms with Crippen LogP contribution in [0.25, 0.3) is 0 Å². The molecule has 1 heterocycles. The first-order chi connectivity index (χ1) is 8.23. The number of ether oxygens (including phenoxy) is 1. The largest absolute Gasteiger partial charge is 0.485 e. The van der Waals surface area contributed by atoms with Crippen LogP contribution in [0.15, 0.2) is 24.3 Å². The van der Waals surface area contributed by atoms with Gasteiger partial charge in [0.2, 0.25) is 6.41 Å². The van der Waals surface area contributed by atoms with E-state index in [-0.39, 0.29) is 11.6 Å². The van der Waals surface area contributed by atoms with Crippen LogP contribution in [-0.2, 0) is 4.79 Å². The number of benzene rings is 1. The van der Waals surface area contributed by atoms with Crippen LogP contribution in [0, 0.1) is 0 Å². The first-order valence-corrected chi connectivity index (χ1v) is 6.20. The molecular formula is C14H17NO2. The van der Waals surface area contributed by atoms with Crippen molar-refractivity contribution in [3.8, 4) is 5.75 Å². The monoisotopic (exact) mass is 231 g/mol. The van der Waals surface area contributed by atoms with E-state index in [1.165, 1.54) is 5.56 Å². The zero-order chi connectivity index (χ0) is 11.9. The minimum Gasteiger partial charge on any atom is -0.485 e. The summed E-state index contributed by atoms with van der Waals surface area (Å²) in [6.45, 7) is 2.11. The average Bonchev–Trinajstić information content (AvgIpc) is 2.33. The number of carbonyl (C=O) groups excluding carboxylic acids is 1. The minimum absolute atomic E-state index is 0.129. The van der Waals surface area contributed by atoms with E-state index in [2.05, 4.69) is 24.4 Å². The van der Waals surface area contributed by atoms with Crippen LogP contribution in [0.5, 0.6) is 5.75 Å². The van der Waals surface area contributed by atoms with Gasteiger partial charge < -0.3 is 10.1 Å². The maximum absolute atomic E-state index is 10.7. The topological polar surface area (TPSA) is 38.3 Å². The summed E-state index contributed by atoms with van der Waals surface area (Å²) in [6.07, 6.45) is 3.91. The van der Waals surface area contributed by atoms with Crippen molar-refractivity contribution >= 4 is 6.41 Å². The molecule has 3 atom stereocenters. The van der Waals surface area contributed by atoms with Gasteiger partial charge in [0.15, 0.2) is 0 Å². The van der Waals surface area contributed by atoms with Crippen LogP contribution >= 0.6 is 0 Å². The molecule has 0 saturated heterocycles. The van der Waals surface area contributed by atoms with Gasteiger partial charge in [-0.1, -0.05) is 18.2 Å². The van der Waals surface area contributed by atoms with Gasteiger partial charge in [-0.3, -0.25) is 4.79 Å². The van der Waals surface area contributed by atoms with Crippen molar-refractivity contribution in [2.24, 2.45) is 0 Å². The van der Waals surface area contributed by atoms with Gasteiger partial charge in [-0.25, -0.2) is 0 Å². The Morgan fingerprint density at radius 2 is 2.24 bits per heavy atom. The van der Waals surface area contributed by atoms with E-state index in [0.29, 0.717) is 5.92 Å². The van der Waals surface area contributed by atoms with Gasteiger partial charge in [0.05, 0.1) is 6.04 Å². The molecule has 1 aromatic rings. The van der Waals surface area contributed by atoms with Gasteiger partial charge in [-0.05, 0) is 43.7 Å². The molecule has 1 aliphatic carbocycles. The van der Waals surface area contributed by atoms with Gasteiger partial charge in [0.25, 0.3) is 0 Å². The number of para-hydroxylation sites is 1. The smallest absolute Gasteiger partial charge is 0.207 e. The summed E-state index contributed by atoms with van der Waals surface area (Å²) in [5.41, 5.74) is 1.08. The average molecular weight is 231 g/mol. The molecule has 3 rings (SSSR count). The highest BCUT2D eigenvalue weighted by Gasteiger charge is 2.46. The molecule has 1 N–H and O–H groups in total. The van der Waals surface area contributed by atoms with Crippen LogP contribution < -0.4 is 10.1 Å². The molecule has 17 heavy (non-hydrogen) atoms. The van der Waals surface area contributed by atoms with E-state index in [9.17, 15) is 4.79 Å². The Kier molecular flexibility index (Phi) is 2.35. The number of fused-ring (bicyclic) bond motifs is 4. The number of amides is 1. The number of carbonyl (C=O) groups is 1. The SMILES string of the molecule is CC12CC(CCC1NC=O)c1ccccc1O2. The Labute approximate surface area is 101 Å². The third-order valence-corrected chi connectivity index (χ3v) is 4.16. The molecule has 1 saturated carbocycles. The lowest BCUT2D eigenvalue weighted by atomic mass is 9.71. The third-order valence-electron chi connectivity index (χ3n) is 4.16. The zero-order valence-electron chi connectivity index (χ0n) is 9.98. The molecule has 2 bridgehead atoms. The van der Waals surface area contributed by atoms with Crippen molar-refractivity contribution in [2.45, 2.75) is 43.7 Å². The number of hydrogen-bond donors (Lipinski definition) is 1. The second-order valence-electron chi connectivity index (χ2n) is 5.27. The van der Waals surface area contributed by atoms with Crippen molar-refractivity contribution in [1.82, 2.24) is 5.32 Å². The van der Waals surface area contributed by atoms with Crippen LogP contribution in [0.2, 0.25) is 0 Å². The van der Waals surface area contributed by atoms with Crippen molar-refractivity contribution in [3.63, 3.8) is 0 Å². The van der Waals surface area contributed by atoms with Crippen LogP contribution in [0.3, 0.4) is 0 Å². The van der Waals surface area contributed by atoms with Crippen LogP contribution in [0.1, 0.15) is 37.7 Å². The number of nitrogens with one attached hydrogen (secondary N) is 1. The van der Waals surface area contributed by atoms with Gasteiger partial charge in [0, 0.05) is 0 Å². The first-order valence-electron chi connectivity index (χ1n) is 6.20. The molecule has 3 nitrogen and oxygen atoms in total. The number of rotatable bonds is 2. The maximum Gasteiger partial charge on any atom is 0.207 e. The Morgan fingerprint density at radius 3 is 3.06 bits per heavy atom. The van der Waals surface area contributed by atoms with Crippen molar-refractivity contribution in [3.05, 3.63) is 29.8 Å². The lowest BCUT2D eigenvalue weighted by Crippen LogP contribution is -2.57. The van der Waals surface area contributed by atoms with Crippen molar-refractivity contribution in [1.29, 1.82) is 0 Å².